The van der Waals surface area contributed by atoms with Crippen LogP contribution in [0.1, 0.15) is 98.4 Å². The van der Waals surface area contributed by atoms with Crippen molar-refractivity contribution < 1.29 is 42.4 Å². The monoisotopic (exact) mass is 614 g/mol. The van der Waals surface area contributed by atoms with E-state index in [1.165, 1.54) is 21.3 Å². The van der Waals surface area contributed by atoms with Gasteiger partial charge in [-0.2, -0.15) is 0 Å². The minimum atomic E-state index is -2.51. The van der Waals surface area contributed by atoms with Gasteiger partial charge in [0.05, 0.1) is 64.4 Å². The van der Waals surface area contributed by atoms with Gasteiger partial charge in [-0.3, -0.25) is 9.59 Å². The fourth-order valence-electron chi connectivity index (χ4n) is 7.16. The normalized spacial score (nSPS) is 16.9. The number of rotatable bonds is 12. The molecule has 2 aromatic rings. The van der Waals surface area contributed by atoms with Crippen molar-refractivity contribution in [3.8, 4) is 23.0 Å². The number of ketones is 2. The van der Waals surface area contributed by atoms with E-state index in [4.69, 9.17) is 32.8 Å². The summed E-state index contributed by atoms with van der Waals surface area (Å²) in [6.45, 7) is 16.1. The molecule has 1 saturated heterocycles. The molecule has 0 bridgehead atoms. The number of carbonyl (C=O) groups excluding carboxylic acids is 2. The summed E-state index contributed by atoms with van der Waals surface area (Å²) in [5.41, 5.74) is 2.08. The molecule has 1 unspecified atom stereocenters. The molecule has 0 radical (unpaired) electrons. The lowest BCUT2D eigenvalue weighted by Gasteiger charge is -2.46. The Bertz CT molecular complexity index is 1350. The van der Waals surface area contributed by atoms with Gasteiger partial charge in [0.2, 0.25) is 14.1 Å². The molecular weight excluding hydrogens is 568 g/mol. The highest BCUT2D eigenvalue weighted by Crippen LogP contribution is 2.52. The zero-order chi connectivity index (χ0) is 31.9. The topological polar surface area (TPSA) is 98.8 Å². The highest BCUT2D eigenvalue weighted by atomic mass is 28.4. The first kappa shape index (κ1) is 33.0. The molecule has 236 valence electrons. The molecule has 1 atom stereocenters. The second kappa shape index (κ2) is 12.6. The van der Waals surface area contributed by atoms with Gasteiger partial charge in [-0.25, -0.2) is 0 Å². The second-order valence-electron chi connectivity index (χ2n) is 12.3. The SMILES string of the molecule is COc1cc(OC)c2c(c1)C(=O)c1cc(OC)c(C(CC3(C)OCCO3)O[Si](C(C)C)(C(C)C)C(C)C)c(OC)c1C2=O. The smallest absolute Gasteiger partial charge is 0.202 e. The number of hydrogen-bond acceptors (Lipinski definition) is 9. The molecule has 4 rings (SSSR count). The predicted molar refractivity (Wildman–Crippen MR) is 166 cm³/mol. The summed E-state index contributed by atoms with van der Waals surface area (Å²) in [7, 11) is 3.48. The molecule has 0 N–H and O–H groups in total. The lowest BCUT2D eigenvalue weighted by molar-refractivity contribution is -0.162. The first-order chi connectivity index (χ1) is 20.3. The highest BCUT2D eigenvalue weighted by Gasteiger charge is 2.50. The van der Waals surface area contributed by atoms with Gasteiger partial charge >= 0.3 is 0 Å². The van der Waals surface area contributed by atoms with Crippen LogP contribution < -0.4 is 18.9 Å². The average Bonchev–Trinajstić information content (AvgIpc) is 3.41. The summed E-state index contributed by atoms with van der Waals surface area (Å²) in [5.74, 6) is -0.380. The molecule has 0 aromatic heterocycles. The van der Waals surface area contributed by atoms with Crippen LogP contribution in [-0.2, 0) is 13.9 Å². The summed E-state index contributed by atoms with van der Waals surface area (Å²) in [6, 6.07) is 4.78. The van der Waals surface area contributed by atoms with E-state index in [1.807, 2.05) is 6.92 Å². The van der Waals surface area contributed by atoms with Crippen molar-refractivity contribution in [2.45, 2.75) is 83.4 Å². The Morgan fingerprint density at radius 3 is 1.79 bits per heavy atom. The molecule has 2 aromatic carbocycles. The number of fused-ring (bicyclic) bond motifs is 2. The molecule has 43 heavy (non-hydrogen) atoms. The Labute approximate surface area is 256 Å². The number of methoxy groups -OCH3 is 4. The maximum Gasteiger partial charge on any atom is 0.202 e. The largest absolute Gasteiger partial charge is 0.497 e. The van der Waals surface area contributed by atoms with E-state index < -0.39 is 20.2 Å². The molecule has 0 spiro atoms. The van der Waals surface area contributed by atoms with Crippen LogP contribution in [0.3, 0.4) is 0 Å². The quantitative estimate of drug-likeness (QED) is 0.202. The molecule has 0 saturated carbocycles. The molecule has 1 fully saturated rings. The van der Waals surface area contributed by atoms with Crippen molar-refractivity contribution in [1.29, 1.82) is 0 Å². The van der Waals surface area contributed by atoms with E-state index in [0.717, 1.165) is 0 Å². The van der Waals surface area contributed by atoms with Gasteiger partial charge in [-0.15, -0.1) is 0 Å². The van der Waals surface area contributed by atoms with Crippen LogP contribution in [0.25, 0.3) is 0 Å². The maximum atomic E-state index is 14.3. The molecule has 1 aliphatic heterocycles. The third-order valence-electron chi connectivity index (χ3n) is 9.01. The van der Waals surface area contributed by atoms with Crippen molar-refractivity contribution in [1.82, 2.24) is 0 Å². The first-order valence-electron chi connectivity index (χ1n) is 14.9. The molecule has 10 heteroatoms. The van der Waals surface area contributed by atoms with Crippen molar-refractivity contribution in [2.75, 3.05) is 41.7 Å². The van der Waals surface area contributed by atoms with E-state index >= 15 is 0 Å². The van der Waals surface area contributed by atoms with Gasteiger partial charge in [0.25, 0.3) is 0 Å². The van der Waals surface area contributed by atoms with Gasteiger partial charge < -0.3 is 32.8 Å². The summed E-state index contributed by atoms with van der Waals surface area (Å²) in [5, 5.41) is 0. The number of hydrogen-bond donors (Lipinski definition) is 0. The van der Waals surface area contributed by atoms with Crippen molar-refractivity contribution in [3.63, 3.8) is 0 Å². The predicted octanol–water partition coefficient (Wildman–Crippen LogP) is 6.88. The van der Waals surface area contributed by atoms with Crippen LogP contribution in [-0.4, -0.2) is 67.3 Å². The Hall–Kier alpha value is -2.92. The zero-order valence-corrected chi connectivity index (χ0v) is 28.3. The van der Waals surface area contributed by atoms with Crippen LogP contribution in [0.4, 0.5) is 0 Å². The number of benzene rings is 2. The lowest BCUT2D eigenvalue weighted by atomic mass is 9.80. The molecule has 2 aliphatic rings. The molecule has 0 amide bonds. The van der Waals surface area contributed by atoms with Crippen molar-refractivity contribution in [3.05, 3.63) is 46.0 Å². The fraction of sp³-hybridized carbons (Fsp3) is 0.576. The minimum Gasteiger partial charge on any atom is -0.497 e. The molecule has 1 aliphatic carbocycles. The van der Waals surface area contributed by atoms with Crippen LogP contribution in [0, 0.1) is 0 Å². The van der Waals surface area contributed by atoms with Gasteiger partial charge in [-0.05, 0) is 35.7 Å². The minimum absolute atomic E-state index is 0.150. The summed E-state index contributed by atoms with van der Waals surface area (Å²) in [6.07, 6.45) is -0.294. The standard InChI is InChI=1S/C33H46O9Si/c1-18(2)43(19(3)4,20(5)6)42-26(17-33(7)40-12-13-41-33)29-25(38-10)16-23-28(32(29)39-11)31(35)27-22(30(23)34)14-21(36-8)15-24(27)37-9/h14-16,18-20,26H,12-13,17H2,1-11H3. The van der Waals surface area contributed by atoms with E-state index in [0.29, 0.717) is 36.7 Å². The molecule has 1 heterocycles. The van der Waals surface area contributed by atoms with E-state index in [-0.39, 0.29) is 61.9 Å². The highest BCUT2D eigenvalue weighted by molar-refractivity contribution is 6.77. The summed E-state index contributed by atoms with van der Waals surface area (Å²) < 4.78 is 42.5. The second-order valence-corrected chi connectivity index (χ2v) is 17.7. The fourth-order valence-corrected chi connectivity index (χ4v) is 12.7. The third-order valence-corrected chi connectivity index (χ3v) is 15.1. The van der Waals surface area contributed by atoms with Gasteiger partial charge in [0.1, 0.15) is 23.0 Å². The Kier molecular flexibility index (Phi) is 9.66. The van der Waals surface area contributed by atoms with Crippen LogP contribution in [0.5, 0.6) is 23.0 Å². The Morgan fingerprint density at radius 1 is 0.744 bits per heavy atom. The number of carbonyl (C=O) groups is 2. The molecular formula is C33H46O9Si. The van der Waals surface area contributed by atoms with Crippen LogP contribution in [0.2, 0.25) is 16.6 Å². The van der Waals surface area contributed by atoms with Gasteiger partial charge in [0.15, 0.2) is 11.6 Å². The van der Waals surface area contributed by atoms with E-state index in [2.05, 4.69) is 41.5 Å². The van der Waals surface area contributed by atoms with Crippen molar-refractivity contribution in [2.24, 2.45) is 0 Å². The van der Waals surface area contributed by atoms with Gasteiger partial charge in [0, 0.05) is 23.6 Å². The van der Waals surface area contributed by atoms with Gasteiger partial charge in [-0.1, -0.05) is 41.5 Å². The third kappa shape index (κ3) is 5.58. The average molecular weight is 615 g/mol. The van der Waals surface area contributed by atoms with Crippen LogP contribution in [0.15, 0.2) is 18.2 Å². The maximum absolute atomic E-state index is 14.3. The first-order valence-corrected chi connectivity index (χ1v) is 17.0. The van der Waals surface area contributed by atoms with Crippen LogP contribution >= 0.6 is 0 Å². The summed E-state index contributed by atoms with van der Waals surface area (Å²) in [4.78, 5) is 28.3. The Morgan fingerprint density at radius 2 is 1.30 bits per heavy atom. The van der Waals surface area contributed by atoms with Crippen molar-refractivity contribution >= 4 is 19.9 Å². The number of ether oxygens (including phenoxy) is 6. The van der Waals surface area contributed by atoms with E-state index in [1.54, 1.807) is 25.3 Å². The summed E-state index contributed by atoms with van der Waals surface area (Å²) >= 11 is 0. The molecule has 9 nitrogen and oxygen atoms in total. The van der Waals surface area contributed by atoms with E-state index in [9.17, 15) is 9.59 Å². The zero-order valence-electron chi connectivity index (χ0n) is 27.3. The lowest BCUT2D eigenvalue weighted by Crippen LogP contribution is -2.49. The Balaban J connectivity index is 2.02.